The second kappa shape index (κ2) is 5.55. The number of nitrogens with zero attached hydrogens (tertiary/aromatic N) is 3. The summed E-state index contributed by atoms with van der Waals surface area (Å²) in [7, 11) is 0. The van der Waals surface area contributed by atoms with Crippen LogP contribution in [0.5, 0.6) is 0 Å². The van der Waals surface area contributed by atoms with Gasteiger partial charge >= 0.3 is 0 Å². The zero-order valence-electron chi connectivity index (χ0n) is 9.96. The molecule has 0 aromatic carbocycles. The van der Waals surface area contributed by atoms with Crippen LogP contribution < -0.4 is 5.56 Å². The molecule has 0 fully saturated rings. The fourth-order valence-electron chi connectivity index (χ4n) is 1.54. The highest BCUT2D eigenvalue weighted by Gasteiger charge is 2.10. The van der Waals surface area contributed by atoms with E-state index < -0.39 is 0 Å². The molecule has 0 spiro atoms. The fraction of sp³-hybridized carbons (Fsp3) is 0.364. The highest BCUT2D eigenvalue weighted by atomic mass is 32.1. The molecule has 0 bridgehead atoms. The highest BCUT2D eigenvalue weighted by molar-refractivity contribution is 7.73. The molecule has 0 aliphatic rings. The minimum atomic E-state index is -0.118. The smallest absolute Gasteiger partial charge is 0.274 e. The third-order valence-corrected chi connectivity index (χ3v) is 3.82. The van der Waals surface area contributed by atoms with Crippen molar-refractivity contribution in [2.45, 2.75) is 20.2 Å². The molecular formula is C11H13N3O2S2. The van der Waals surface area contributed by atoms with Gasteiger partial charge in [0.25, 0.3) is 5.56 Å². The van der Waals surface area contributed by atoms with Crippen molar-refractivity contribution >= 4 is 33.9 Å². The fourth-order valence-corrected chi connectivity index (χ4v) is 2.86. The molecule has 18 heavy (non-hydrogen) atoms. The SMILES string of the molecule is C=CCn1c(=S)sc2c(=O)n(COCC)cnc21. The molecule has 0 saturated carbocycles. The van der Waals surface area contributed by atoms with Gasteiger partial charge in [-0.1, -0.05) is 17.4 Å². The van der Waals surface area contributed by atoms with Crippen molar-refractivity contribution in [2.24, 2.45) is 0 Å². The summed E-state index contributed by atoms with van der Waals surface area (Å²) in [6, 6.07) is 0. The van der Waals surface area contributed by atoms with Gasteiger partial charge in [0.15, 0.2) is 9.60 Å². The number of thiazole rings is 1. The van der Waals surface area contributed by atoms with Crippen LogP contribution in [0.4, 0.5) is 0 Å². The van der Waals surface area contributed by atoms with E-state index in [4.69, 9.17) is 17.0 Å². The zero-order chi connectivity index (χ0) is 13.1. The van der Waals surface area contributed by atoms with Crippen LogP contribution in [0.25, 0.3) is 10.3 Å². The van der Waals surface area contributed by atoms with Crippen LogP contribution in [-0.4, -0.2) is 20.7 Å². The Kier molecular flexibility index (Phi) is 4.05. The lowest BCUT2D eigenvalue weighted by Gasteiger charge is -2.05. The predicted molar refractivity (Wildman–Crippen MR) is 74.5 cm³/mol. The average molecular weight is 283 g/mol. The van der Waals surface area contributed by atoms with Crippen LogP contribution in [0, 0.1) is 3.95 Å². The van der Waals surface area contributed by atoms with Crippen molar-refractivity contribution in [3.8, 4) is 0 Å². The number of rotatable bonds is 5. The lowest BCUT2D eigenvalue weighted by atomic mass is 10.5. The summed E-state index contributed by atoms with van der Waals surface area (Å²) in [6.45, 7) is 6.87. The molecule has 2 aromatic rings. The molecule has 0 unspecified atom stereocenters. The second-order valence-corrected chi connectivity index (χ2v) is 5.21. The second-order valence-electron chi connectivity index (χ2n) is 3.56. The normalized spacial score (nSPS) is 10.9. The van der Waals surface area contributed by atoms with Crippen LogP contribution in [0.2, 0.25) is 0 Å². The minimum absolute atomic E-state index is 0.118. The van der Waals surface area contributed by atoms with Gasteiger partial charge in [-0.2, -0.15) is 0 Å². The summed E-state index contributed by atoms with van der Waals surface area (Å²) in [4.78, 5) is 16.4. The number of hydrogen-bond acceptors (Lipinski definition) is 5. The van der Waals surface area contributed by atoms with Crippen molar-refractivity contribution in [2.75, 3.05) is 6.61 Å². The molecule has 0 saturated heterocycles. The first kappa shape index (κ1) is 13.1. The molecule has 2 aromatic heterocycles. The Morgan fingerprint density at radius 3 is 3.11 bits per heavy atom. The number of hydrogen-bond donors (Lipinski definition) is 0. The standard InChI is InChI=1S/C11H13N3O2S2/c1-3-5-14-9-8(18-11(14)17)10(15)13(6-12-9)7-16-4-2/h3,6H,1,4-5,7H2,2H3. The molecule has 96 valence electrons. The summed E-state index contributed by atoms with van der Waals surface area (Å²) in [6.07, 6.45) is 3.22. The van der Waals surface area contributed by atoms with E-state index in [9.17, 15) is 4.79 Å². The molecule has 2 heterocycles. The van der Waals surface area contributed by atoms with Gasteiger partial charge < -0.3 is 9.30 Å². The Bertz CT molecular complexity index is 684. The quantitative estimate of drug-likeness (QED) is 0.623. The van der Waals surface area contributed by atoms with Gasteiger partial charge in [-0.25, -0.2) is 4.98 Å². The third-order valence-electron chi connectivity index (χ3n) is 2.39. The van der Waals surface area contributed by atoms with E-state index in [2.05, 4.69) is 11.6 Å². The molecule has 0 amide bonds. The first-order valence-electron chi connectivity index (χ1n) is 5.46. The number of allylic oxidation sites excluding steroid dienone is 1. The molecule has 2 rings (SSSR count). The van der Waals surface area contributed by atoms with Crippen LogP contribution in [0.15, 0.2) is 23.8 Å². The van der Waals surface area contributed by atoms with Gasteiger partial charge in [-0.05, 0) is 19.1 Å². The summed E-state index contributed by atoms with van der Waals surface area (Å²) in [5, 5.41) is 0. The van der Waals surface area contributed by atoms with Gasteiger partial charge in [-0.15, -0.1) is 6.58 Å². The molecule has 0 radical (unpaired) electrons. The lowest BCUT2D eigenvalue weighted by molar-refractivity contribution is 0.0850. The molecule has 5 nitrogen and oxygen atoms in total. The minimum Gasteiger partial charge on any atom is -0.361 e. The van der Waals surface area contributed by atoms with E-state index in [0.717, 1.165) is 0 Å². The molecule has 0 aliphatic carbocycles. The molecule has 0 atom stereocenters. The van der Waals surface area contributed by atoms with Crippen LogP contribution in [0.3, 0.4) is 0 Å². The molecule has 7 heteroatoms. The lowest BCUT2D eigenvalue weighted by Crippen LogP contribution is -2.21. The Morgan fingerprint density at radius 2 is 2.44 bits per heavy atom. The maximum Gasteiger partial charge on any atom is 0.274 e. The molecule has 0 N–H and O–H groups in total. The van der Waals surface area contributed by atoms with Crippen LogP contribution in [0.1, 0.15) is 6.92 Å². The van der Waals surface area contributed by atoms with E-state index >= 15 is 0 Å². The highest BCUT2D eigenvalue weighted by Crippen LogP contribution is 2.17. The van der Waals surface area contributed by atoms with Gasteiger partial charge in [0, 0.05) is 13.2 Å². The third kappa shape index (κ3) is 2.29. The summed E-state index contributed by atoms with van der Waals surface area (Å²) in [5.41, 5.74) is 0.495. The topological polar surface area (TPSA) is 49.0 Å². The largest absolute Gasteiger partial charge is 0.361 e. The summed E-state index contributed by atoms with van der Waals surface area (Å²) >= 11 is 6.49. The van der Waals surface area contributed by atoms with Crippen molar-refractivity contribution in [3.05, 3.63) is 33.3 Å². The number of ether oxygens (including phenoxy) is 1. The first-order chi connectivity index (χ1) is 8.69. The van der Waals surface area contributed by atoms with E-state index in [1.165, 1.54) is 22.2 Å². The maximum absolute atomic E-state index is 12.2. The van der Waals surface area contributed by atoms with Gasteiger partial charge in [-0.3, -0.25) is 9.36 Å². The van der Waals surface area contributed by atoms with Crippen LogP contribution >= 0.6 is 23.6 Å². The monoisotopic (exact) mass is 283 g/mol. The Labute approximate surface area is 113 Å². The summed E-state index contributed by atoms with van der Waals surface area (Å²) in [5.74, 6) is 0. The average Bonchev–Trinajstić information content (AvgIpc) is 2.67. The van der Waals surface area contributed by atoms with Crippen LogP contribution in [-0.2, 0) is 18.0 Å². The van der Waals surface area contributed by atoms with Crippen molar-refractivity contribution < 1.29 is 4.74 Å². The zero-order valence-corrected chi connectivity index (χ0v) is 11.6. The predicted octanol–water partition coefficient (Wildman–Crippen LogP) is 2.17. The number of fused-ring (bicyclic) bond motifs is 1. The van der Waals surface area contributed by atoms with Crippen molar-refractivity contribution in [1.29, 1.82) is 0 Å². The van der Waals surface area contributed by atoms with Gasteiger partial charge in [0.1, 0.15) is 17.8 Å². The van der Waals surface area contributed by atoms with Crippen molar-refractivity contribution in [3.63, 3.8) is 0 Å². The number of aromatic nitrogens is 3. The van der Waals surface area contributed by atoms with E-state index in [1.807, 2.05) is 6.92 Å². The Balaban J connectivity index is 2.59. The van der Waals surface area contributed by atoms with E-state index in [0.29, 0.717) is 27.5 Å². The summed E-state index contributed by atoms with van der Waals surface area (Å²) < 4.78 is 9.64. The van der Waals surface area contributed by atoms with E-state index in [-0.39, 0.29) is 12.3 Å². The first-order valence-corrected chi connectivity index (χ1v) is 6.69. The van der Waals surface area contributed by atoms with Gasteiger partial charge in [0.05, 0.1) is 0 Å². The van der Waals surface area contributed by atoms with E-state index in [1.54, 1.807) is 10.6 Å². The van der Waals surface area contributed by atoms with Crippen molar-refractivity contribution in [1.82, 2.24) is 14.1 Å². The molecule has 0 aliphatic heterocycles. The Morgan fingerprint density at radius 1 is 1.67 bits per heavy atom. The molecular weight excluding hydrogens is 270 g/mol. The van der Waals surface area contributed by atoms with Gasteiger partial charge in [0.2, 0.25) is 0 Å². The maximum atomic E-state index is 12.2. The Hall–Kier alpha value is -1.31.